The Kier molecular flexibility index (Phi) is 3.16. The van der Waals surface area contributed by atoms with Crippen LogP contribution >= 0.6 is 0 Å². The van der Waals surface area contributed by atoms with E-state index in [9.17, 15) is 4.79 Å². The average Bonchev–Trinajstić information content (AvgIpc) is 2.89. The van der Waals surface area contributed by atoms with Crippen LogP contribution in [0.2, 0.25) is 0 Å². The van der Waals surface area contributed by atoms with E-state index < -0.39 is 0 Å². The van der Waals surface area contributed by atoms with Gasteiger partial charge in [-0.15, -0.1) is 0 Å². The van der Waals surface area contributed by atoms with E-state index >= 15 is 0 Å². The zero-order valence-electron chi connectivity index (χ0n) is 11.0. The van der Waals surface area contributed by atoms with Crippen molar-refractivity contribution in [3.8, 4) is 5.75 Å². The van der Waals surface area contributed by atoms with Gasteiger partial charge in [-0.3, -0.25) is 4.79 Å². The molecular weight excluding hydrogens is 254 g/mol. The van der Waals surface area contributed by atoms with Crippen molar-refractivity contribution < 1.29 is 9.53 Å². The Morgan fingerprint density at radius 3 is 2.90 bits per heavy atom. The van der Waals surface area contributed by atoms with Crippen LogP contribution < -0.4 is 4.74 Å². The second-order valence-electron chi connectivity index (χ2n) is 4.40. The van der Waals surface area contributed by atoms with Crippen LogP contribution in [-0.4, -0.2) is 28.0 Å². The normalized spacial score (nSPS) is 10.7. The molecule has 0 saturated carbocycles. The monoisotopic (exact) mass is 267 g/mol. The Hall–Kier alpha value is -2.69. The van der Waals surface area contributed by atoms with Crippen LogP contribution in [0.1, 0.15) is 21.7 Å². The van der Waals surface area contributed by atoms with Gasteiger partial charge in [0.1, 0.15) is 5.75 Å². The Balaban J connectivity index is 1.96. The Morgan fingerprint density at radius 2 is 2.10 bits per heavy atom. The number of ether oxygens (including phenoxy) is 1. The van der Waals surface area contributed by atoms with Crippen molar-refractivity contribution in [3.63, 3.8) is 0 Å². The number of fused-ring (bicyclic) bond motifs is 1. The lowest BCUT2D eigenvalue weighted by Gasteiger charge is -2.05. The predicted octanol–water partition coefficient (Wildman–Crippen LogP) is 2.14. The van der Waals surface area contributed by atoms with Crippen molar-refractivity contribution in [1.29, 1.82) is 0 Å². The number of nitrogens with zero attached hydrogens (tertiary/aromatic N) is 3. The Bertz CT molecular complexity index is 765. The summed E-state index contributed by atoms with van der Waals surface area (Å²) in [6.07, 6.45) is 3.05. The van der Waals surface area contributed by atoms with Gasteiger partial charge in [-0.05, 0) is 18.2 Å². The predicted molar refractivity (Wildman–Crippen MR) is 74.2 cm³/mol. The number of aldehydes is 1. The molecule has 0 atom stereocenters. The van der Waals surface area contributed by atoms with Gasteiger partial charge >= 0.3 is 0 Å². The fourth-order valence-electron chi connectivity index (χ4n) is 2.11. The minimum absolute atomic E-state index is 0.575. The molecule has 2 aromatic heterocycles. The SMILES string of the molecule is COc1ccccc1Cc1nc2ccc(C=O)cn2n1. The van der Waals surface area contributed by atoms with Crippen molar-refractivity contribution in [2.24, 2.45) is 0 Å². The molecular formula is C15H13N3O2. The quantitative estimate of drug-likeness (QED) is 0.680. The standard InChI is InChI=1S/C15H13N3O2/c1-20-13-5-3-2-4-12(13)8-14-16-15-7-6-11(10-19)9-18(15)17-14/h2-7,9-10H,8H2,1H3. The summed E-state index contributed by atoms with van der Waals surface area (Å²) in [5, 5.41) is 4.38. The molecule has 3 rings (SSSR count). The molecule has 0 fully saturated rings. The third-order valence-electron chi connectivity index (χ3n) is 3.07. The summed E-state index contributed by atoms with van der Waals surface area (Å²) < 4.78 is 6.94. The van der Waals surface area contributed by atoms with Crippen molar-refractivity contribution in [1.82, 2.24) is 14.6 Å². The molecule has 0 spiro atoms. The minimum atomic E-state index is 0.575. The van der Waals surface area contributed by atoms with Gasteiger partial charge in [-0.1, -0.05) is 18.2 Å². The number of carbonyl (C=O) groups excluding carboxylic acids is 1. The first kappa shape index (κ1) is 12.3. The number of benzene rings is 1. The molecule has 0 bridgehead atoms. The van der Waals surface area contributed by atoms with Gasteiger partial charge in [-0.2, -0.15) is 5.10 Å². The first-order chi connectivity index (χ1) is 9.80. The fraction of sp³-hybridized carbons (Fsp3) is 0.133. The first-order valence-corrected chi connectivity index (χ1v) is 6.22. The first-order valence-electron chi connectivity index (χ1n) is 6.22. The van der Waals surface area contributed by atoms with Crippen LogP contribution in [0.25, 0.3) is 5.65 Å². The van der Waals surface area contributed by atoms with Gasteiger partial charge < -0.3 is 4.74 Å². The third-order valence-corrected chi connectivity index (χ3v) is 3.07. The molecule has 20 heavy (non-hydrogen) atoms. The molecule has 0 unspecified atom stereocenters. The molecule has 0 aliphatic heterocycles. The van der Waals surface area contributed by atoms with E-state index in [1.807, 2.05) is 24.3 Å². The van der Waals surface area contributed by atoms with E-state index in [4.69, 9.17) is 4.74 Å². The molecule has 0 radical (unpaired) electrons. The number of rotatable bonds is 4. The zero-order valence-corrected chi connectivity index (χ0v) is 11.0. The van der Waals surface area contributed by atoms with E-state index in [1.54, 1.807) is 30.0 Å². The van der Waals surface area contributed by atoms with Gasteiger partial charge in [0.2, 0.25) is 0 Å². The van der Waals surface area contributed by atoms with E-state index in [0.717, 1.165) is 23.2 Å². The van der Waals surface area contributed by atoms with Crippen LogP contribution in [0.5, 0.6) is 5.75 Å². The van der Waals surface area contributed by atoms with Crippen molar-refractivity contribution >= 4 is 11.9 Å². The summed E-state index contributed by atoms with van der Waals surface area (Å²) >= 11 is 0. The van der Waals surface area contributed by atoms with Crippen molar-refractivity contribution in [2.45, 2.75) is 6.42 Å². The summed E-state index contributed by atoms with van der Waals surface area (Å²) in [5.41, 5.74) is 2.33. The lowest BCUT2D eigenvalue weighted by molar-refractivity contribution is 0.112. The number of aromatic nitrogens is 3. The number of para-hydroxylation sites is 1. The Labute approximate surface area is 115 Å². The maximum Gasteiger partial charge on any atom is 0.156 e. The molecule has 5 heteroatoms. The molecule has 0 aliphatic carbocycles. The molecule has 5 nitrogen and oxygen atoms in total. The van der Waals surface area contributed by atoms with E-state index in [2.05, 4.69) is 10.1 Å². The maximum absolute atomic E-state index is 10.8. The molecule has 0 saturated heterocycles. The molecule has 2 heterocycles. The highest BCUT2D eigenvalue weighted by Gasteiger charge is 2.08. The van der Waals surface area contributed by atoms with E-state index in [-0.39, 0.29) is 0 Å². The summed E-state index contributed by atoms with van der Waals surface area (Å²) in [7, 11) is 1.65. The number of hydrogen-bond donors (Lipinski definition) is 0. The van der Waals surface area contributed by atoms with Gasteiger partial charge in [-0.25, -0.2) is 9.50 Å². The number of pyridine rings is 1. The van der Waals surface area contributed by atoms with Gasteiger partial charge in [0.25, 0.3) is 0 Å². The second-order valence-corrected chi connectivity index (χ2v) is 4.40. The number of hydrogen-bond acceptors (Lipinski definition) is 4. The summed E-state index contributed by atoms with van der Waals surface area (Å²) in [4.78, 5) is 15.2. The van der Waals surface area contributed by atoms with E-state index in [0.29, 0.717) is 17.8 Å². The summed E-state index contributed by atoms with van der Waals surface area (Å²) in [6, 6.07) is 11.3. The molecule has 3 aromatic rings. The molecule has 0 amide bonds. The summed E-state index contributed by atoms with van der Waals surface area (Å²) in [5.74, 6) is 1.51. The largest absolute Gasteiger partial charge is 0.496 e. The second kappa shape index (κ2) is 5.13. The fourth-order valence-corrected chi connectivity index (χ4v) is 2.11. The van der Waals surface area contributed by atoms with Crippen LogP contribution in [0.4, 0.5) is 0 Å². The zero-order chi connectivity index (χ0) is 13.9. The van der Waals surface area contributed by atoms with Gasteiger partial charge in [0.15, 0.2) is 17.8 Å². The topological polar surface area (TPSA) is 56.5 Å². The minimum Gasteiger partial charge on any atom is -0.496 e. The highest BCUT2D eigenvalue weighted by atomic mass is 16.5. The van der Waals surface area contributed by atoms with Crippen molar-refractivity contribution in [2.75, 3.05) is 7.11 Å². The average molecular weight is 267 g/mol. The Morgan fingerprint density at radius 1 is 1.25 bits per heavy atom. The van der Waals surface area contributed by atoms with Gasteiger partial charge in [0.05, 0.1) is 7.11 Å². The lowest BCUT2D eigenvalue weighted by Crippen LogP contribution is -1.96. The van der Waals surface area contributed by atoms with Crippen LogP contribution in [0, 0.1) is 0 Å². The molecule has 0 N–H and O–H groups in total. The molecule has 0 aliphatic rings. The van der Waals surface area contributed by atoms with Crippen LogP contribution in [-0.2, 0) is 6.42 Å². The van der Waals surface area contributed by atoms with E-state index in [1.165, 1.54) is 0 Å². The lowest BCUT2D eigenvalue weighted by atomic mass is 10.1. The summed E-state index contributed by atoms with van der Waals surface area (Å²) in [6.45, 7) is 0. The third kappa shape index (κ3) is 2.25. The number of methoxy groups -OCH3 is 1. The number of carbonyl (C=O) groups is 1. The van der Waals surface area contributed by atoms with Crippen LogP contribution in [0.3, 0.4) is 0 Å². The highest BCUT2D eigenvalue weighted by Crippen LogP contribution is 2.19. The molecule has 100 valence electrons. The highest BCUT2D eigenvalue weighted by molar-refractivity contribution is 5.74. The van der Waals surface area contributed by atoms with Crippen LogP contribution in [0.15, 0.2) is 42.6 Å². The van der Waals surface area contributed by atoms with Crippen molar-refractivity contribution in [3.05, 3.63) is 59.5 Å². The molecule has 1 aromatic carbocycles. The smallest absolute Gasteiger partial charge is 0.156 e. The van der Waals surface area contributed by atoms with Gasteiger partial charge in [0, 0.05) is 23.7 Å². The maximum atomic E-state index is 10.8.